The molecular weight excluding hydrogens is 350 g/mol. The molecule has 1 aromatic heterocycles. The molecule has 1 saturated heterocycles. The lowest BCUT2D eigenvalue weighted by molar-refractivity contribution is 0.0666. The molecule has 0 N–H and O–H groups in total. The monoisotopic (exact) mass is 373 g/mol. The molecule has 142 valence electrons. The van der Waals surface area contributed by atoms with E-state index in [4.69, 9.17) is 4.42 Å². The molecule has 0 spiro atoms. The smallest absolute Gasteiger partial charge is 0.256 e. The Kier molecular flexibility index (Phi) is 4.89. The molecule has 0 unspecified atom stereocenters. The molecule has 28 heavy (non-hydrogen) atoms. The highest BCUT2D eigenvalue weighted by molar-refractivity contribution is 6.13. The summed E-state index contributed by atoms with van der Waals surface area (Å²) in [4.78, 5) is 17.6. The lowest BCUT2D eigenvalue weighted by Crippen LogP contribution is -2.47. The zero-order chi connectivity index (χ0) is 19.7. The average Bonchev–Trinajstić information content (AvgIpc) is 3.12. The van der Waals surface area contributed by atoms with Crippen LogP contribution in [-0.4, -0.2) is 48.9 Å². The van der Waals surface area contributed by atoms with E-state index < -0.39 is 0 Å². The standard InChI is InChI=1S/C23H23N3O2/c1-3-18-20(16-7-5-4-6-8-16)22-19(28-18)10-9-17(15-24)21(22)23(27)26-13-11-25(2)12-14-26/h4-10H,3,11-14H2,1-2H3. The molecule has 2 heterocycles. The van der Waals surface area contributed by atoms with Gasteiger partial charge in [-0.15, -0.1) is 0 Å². The molecule has 2 aromatic carbocycles. The highest BCUT2D eigenvalue weighted by atomic mass is 16.3. The Hall–Kier alpha value is -3.10. The topological polar surface area (TPSA) is 60.5 Å². The minimum atomic E-state index is -0.0871. The average molecular weight is 373 g/mol. The van der Waals surface area contributed by atoms with Gasteiger partial charge >= 0.3 is 0 Å². The molecule has 1 fully saturated rings. The Morgan fingerprint density at radius 2 is 1.82 bits per heavy atom. The number of fused-ring (bicyclic) bond motifs is 1. The van der Waals surface area contributed by atoms with Crippen LogP contribution < -0.4 is 0 Å². The van der Waals surface area contributed by atoms with E-state index in [1.165, 1.54) is 0 Å². The predicted octanol–water partition coefficient (Wildman–Crippen LogP) is 3.92. The number of likely N-dealkylation sites (N-methyl/N-ethyl adjacent to an activating group) is 1. The number of nitrogens with zero attached hydrogens (tertiary/aromatic N) is 3. The van der Waals surface area contributed by atoms with E-state index in [1.807, 2.05) is 42.2 Å². The van der Waals surface area contributed by atoms with Gasteiger partial charge in [0.05, 0.1) is 17.2 Å². The fourth-order valence-corrected chi connectivity index (χ4v) is 3.88. The molecule has 5 nitrogen and oxygen atoms in total. The van der Waals surface area contributed by atoms with Gasteiger partial charge in [0.15, 0.2) is 0 Å². The van der Waals surface area contributed by atoms with Crippen molar-refractivity contribution >= 4 is 16.9 Å². The molecule has 0 bridgehead atoms. The summed E-state index contributed by atoms with van der Waals surface area (Å²) in [5.74, 6) is 0.750. The zero-order valence-corrected chi connectivity index (χ0v) is 16.2. The third kappa shape index (κ3) is 3.06. The van der Waals surface area contributed by atoms with Gasteiger partial charge in [-0.05, 0) is 24.7 Å². The number of aryl methyl sites for hydroxylation is 1. The van der Waals surface area contributed by atoms with Crippen LogP contribution in [0.15, 0.2) is 46.9 Å². The summed E-state index contributed by atoms with van der Waals surface area (Å²) in [5.41, 5.74) is 3.45. The summed E-state index contributed by atoms with van der Waals surface area (Å²) in [6.45, 7) is 5.03. The third-order valence-corrected chi connectivity index (χ3v) is 5.44. The van der Waals surface area contributed by atoms with Crippen LogP contribution in [0.1, 0.15) is 28.6 Å². The van der Waals surface area contributed by atoms with Gasteiger partial charge in [-0.2, -0.15) is 5.26 Å². The Morgan fingerprint density at radius 3 is 2.46 bits per heavy atom. The second-order valence-corrected chi connectivity index (χ2v) is 7.19. The van der Waals surface area contributed by atoms with Crippen LogP contribution in [-0.2, 0) is 6.42 Å². The van der Waals surface area contributed by atoms with E-state index in [9.17, 15) is 10.1 Å². The number of benzene rings is 2. The van der Waals surface area contributed by atoms with E-state index >= 15 is 0 Å². The van der Waals surface area contributed by atoms with E-state index in [-0.39, 0.29) is 5.91 Å². The van der Waals surface area contributed by atoms with Gasteiger partial charge in [0.2, 0.25) is 0 Å². The number of carbonyl (C=O) groups excluding carboxylic acids is 1. The van der Waals surface area contributed by atoms with E-state index in [0.29, 0.717) is 36.2 Å². The molecule has 1 aliphatic heterocycles. The van der Waals surface area contributed by atoms with Crippen molar-refractivity contribution in [3.05, 3.63) is 59.4 Å². The molecule has 4 rings (SSSR count). The normalized spacial score (nSPS) is 15.0. The molecular formula is C23H23N3O2. The number of nitriles is 1. The maximum atomic E-state index is 13.5. The van der Waals surface area contributed by atoms with E-state index in [0.717, 1.165) is 35.4 Å². The first-order valence-corrected chi connectivity index (χ1v) is 9.65. The Labute approximate surface area is 164 Å². The second-order valence-electron chi connectivity index (χ2n) is 7.19. The van der Waals surface area contributed by atoms with Crippen molar-refractivity contribution in [1.29, 1.82) is 5.26 Å². The van der Waals surface area contributed by atoms with Gasteiger partial charge in [0.1, 0.15) is 11.3 Å². The maximum absolute atomic E-state index is 13.5. The summed E-state index contributed by atoms with van der Waals surface area (Å²) >= 11 is 0. The molecule has 0 atom stereocenters. The van der Waals surface area contributed by atoms with Crippen LogP contribution in [0, 0.1) is 11.3 Å². The van der Waals surface area contributed by atoms with Crippen LogP contribution in [0.3, 0.4) is 0 Å². The molecule has 0 radical (unpaired) electrons. The quantitative estimate of drug-likeness (QED) is 0.698. The van der Waals surface area contributed by atoms with Crippen molar-refractivity contribution in [2.24, 2.45) is 0 Å². The first-order valence-electron chi connectivity index (χ1n) is 9.65. The van der Waals surface area contributed by atoms with Gasteiger partial charge in [0, 0.05) is 43.5 Å². The second kappa shape index (κ2) is 7.49. The number of hydrogen-bond acceptors (Lipinski definition) is 4. The summed E-state index contributed by atoms with van der Waals surface area (Å²) in [6.07, 6.45) is 0.711. The highest BCUT2D eigenvalue weighted by Crippen LogP contribution is 2.39. The summed E-state index contributed by atoms with van der Waals surface area (Å²) < 4.78 is 6.11. The van der Waals surface area contributed by atoms with Crippen LogP contribution in [0.25, 0.3) is 22.1 Å². The van der Waals surface area contributed by atoms with Gasteiger partial charge in [0.25, 0.3) is 5.91 Å². The van der Waals surface area contributed by atoms with Gasteiger partial charge in [-0.1, -0.05) is 37.3 Å². The summed E-state index contributed by atoms with van der Waals surface area (Å²) in [6, 6.07) is 15.7. The van der Waals surface area contributed by atoms with Crippen molar-refractivity contribution in [2.75, 3.05) is 33.2 Å². The van der Waals surface area contributed by atoms with Crippen LogP contribution in [0.4, 0.5) is 0 Å². The van der Waals surface area contributed by atoms with Gasteiger partial charge in [-0.25, -0.2) is 0 Å². The summed E-state index contributed by atoms with van der Waals surface area (Å²) in [5, 5.41) is 10.5. The number of hydrogen-bond donors (Lipinski definition) is 0. The van der Waals surface area contributed by atoms with Crippen LogP contribution >= 0.6 is 0 Å². The lowest BCUT2D eigenvalue weighted by atomic mass is 9.94. The highest BCUT2D eigenvalue weighted by Gasteiger charge is 2.28. The van der Waals surface area contributed by atoms with Crippen LogP contribution in [0.2, 0.25) is 0 Å². The Balaban J connectivity index is 1.95. The first-order chi connectivity index (χ1) is 13.6. The largest absolute Gasteiger partial charge is 0.460 e. The Bertz CT molecular complexity index is 1050. The van der Waals surface area contributed by atoms with Crippen molar-refractivity contribution in [3.63, 3.8) is 0 Å². The van der Waals surface area contributed by atoms with Crippen molar-refractivity contribution < 1.29 is 9.21 Å². The number of piperazine rings is 1. The molecule has 0 saturated carbocycles. The Morgan fingerprint density at radius 1 is 1.11 bits per heavy atom. The molecule has 3 aromatic rings. The lowest BCUT2D eigenvalue weighted by Gasteiger charge is -2.32. The minimum absolute atomic E-state index is 0.0871. The zero-order valence-electron chi connectivity index (χ0n) is 16.2. The summed E-state index contributed by atoms with van der Waals surface area (Å²) in [7, 11) is 2.06. The van der Waals surface area contributed by atoms with Crippen molar-refractivity contribution in [1.82, 2.24) is 9.80 Å². The van der Waals surface area contributed by atoms with Crippen molar-refractivity contribution in [2.45, 2.75) is 13.3 Å². The first kappa shape index (κ1) is 18.3. The number of furan rings is 1. The SMILES string of the molecule is CCc1oc2ccc(C#N)c(C(=O)N3CCN(C)CC3)c2c1-c1ccccc1. The minimum Gasteiger partial charge on any atom is -0.460 e. The fraction of sp³-hybridized carbons (Fsp3) is 0.304. The number of amides is 1. The molecule has 0 aliphatic carbocycles. The molecule has 1 aliphatic rings. The molecule has 5 heteroatoms. The fourth-order valence-electron chi connectivity index (χ4n) is 3.88. The van der Waals surface area contributed by atoms with E-state index in [2.05, 4.69) is 18.0 Å². The third-order valence-electron chi connectivity index (χ3n) is 5.44. The molecule has 1 amide bonds. The van der Waals surface area contributed by atoms with Gasteiger partial charge in [-0.3, -0.25) is 4.79 Å². The predicted molar refractivity (Wildman–Crippen MR) is 109 cm³/mol. The van der Waals surface area contributed by atoms with Crippen LogP contribution in [0.5, 0.6) is 0 Å². The van der Waals surface area contributed by atoms with Crippen molar-refractivity contribution in [3.8, 4) is 17.2 Å². The van der Waals surface area contributed by atoms with E-state index in [1.54, 1.807) is 12.1 Å². The van der Waals surface area contributed by atoms with Gasteiger partial charge < -0.3 is 14.2 Å². The number of rotatable bonds is 3. The number of carbonyl (C=O) groups is 1. The maximum Gasteiger partial charge on any atom is 0.256 e.